The summed E-state index contributed by atoms with van der Waals surface area (Å²) in [4.78, 5) is 11.5. The van der Waals surface area contributed by atoms with E-state index in [4.69, 9.17) is 4.74 Å². The Hall–Kier alpha value is -2.55. The van der Waals surface area contributed by atoms with E-state index in [1.807, 2.05) is 13.8 Å². The Bertz CT molecular complexity index is 975. The summed E-state index contributed by atoms with van der Waals surface area (Å²) in [5, 5.41) is 0.245. The van der Waals surface area contributed by atoms with E-state index in [-0.39, 0.29) is 16.7 Å². The molecule has 9 heteroatoms. The van der Waals surface area contributed by atoms with Crippen LogP contribution in [0.4, 0.5) is 8.78 Å². The molecule has 6 nitrogen and oxygen atoms in total. The molecule has 0 bridgehead atoms. The minimum Gasteiger partial charge on any atom is -0.496 e. The van der Waals surface area contributed by atoms with Gasteiger partial charge in [0.2, 0.25) is 0 Å². The molecule has 0 unspecified atom stereocenters. The number of nitrogens with zero attached hydrogens (tertiary/aromatic N) is 2. The van der Waals surface area contributed by atoms with E-state index < -0.39 is 17.4 Å². The number of aromatic amines is 1. The quantitative estimate of drug-likeness (QED) is 0.707. The molecule has 1 aromatic carbocycles. The number of benzene rings is 1. The van der Waals surface area contributed by atoms with E-state index in [1.54, 1.807) is 13.3 Å². The Balaban J connectivity index is 1.86. The summed E-state index contributed by atoms with van der Waals surface area (Å²) >= 11 is 0. The summed E-state index contributed by atoms with van der Waals surface area (Å²) in [5.74, 6) is 0.877. The van der Waals surface area contributed by atoms with Crippen molar-refractivity contribution in [3.8, 4) is 11.5 Å². The Morgan fingerprint density at radius 2 is 2.08 bits per heavy atom. The first kappa shape index (κ1) is 18.2. The summed E-state index contributed by atoms with van der Waals surface area (Å²) < 4.78 is 47.0. The SMILES string of the molecule is COc1c(C)cnc(C[S@@](=O)c2nc3ccc(OC(F)F)cc3[nH]2)c1C. The molecule has 1 atom stereocenters. The molecule has 0 saturated carbocycles. The van der Waals surface area contributed by atoms with Gasteiger partial charge in [-0.15, -0.1) is 0 Å². The molecular formula is C17H17F2N3O3S. The lowest BCUT2D eigenvalue weighted by Crippen LogP contribution is -2.05. The lowest BCUT2D eigenvalue weighted by molar-refractivity contribution is -0.0497. The predicted octanol–water partition coefficient (Wildman–Crippen LogP) is 3.49. The zero-order valence-electron chi connectivity index (χ0n) is 14.4. The molecule has 0 spiro atoms. The number of rotatable bonds is 6. The highest BCUT2D eigenvalue weighted by Gasteiger charge is 2.16. The third-order valence-corrected chi connectivity index (χ3v) is 5.05. The number of hydrogen-bond donors (Lipinski definition) is 1. The zero-order chi connectivity index (χ0) is 18.8. The molecular weight excluding hydrogens is 364 g/mol. The largest absolute Gasteiger partial charge is 0.496 e. The van der Waals surface area contributed by atoms with E-state index in [2.05, 4.69) is 19.7 Å². The van der Waals surface area contributed by atoms with E-state index in [0.717, 1.165) is 11.1 Å². The predicted molar refractivity (Wildman–Crippen MR) is 93.1 cm³/mol. The Morgan fingerprint density at radius 1 is 1.31 bits per heavy atom. The molecule has 2 aromatic heterocycles. The van der Waals surface area contributed by atoms with Gasteiger partial charge in [0.05, 0.1) is 40.4 Å². The third kappa shape index (κ3) is 3.67. The summed E-state index contributed by atoms with van der Waals surface area (Å²) in [7, 11) is 0.0925. The van der Waals surface area contributed by atoms with Crippen molar-refractivity contribution in [3.63, 3.8) is 0 Å². The number of ether oxygens (including phenoxy) is 2. The standard InChI is InChI=1S/C17H17F2N3O3S/c1-9-7-20-14(10(2)15(9)24-3)8-26(23)17-21-12-5-4-11(25-16(18)19)6-13(12)22-17/h4-7,16H,8H2,1-3H3,(H,21,22)/t26-/m1/s1. The van der Waals surface area contributed by atoms with Crippen molar-refractivity contribution in [1.82, 2.24) is 15.0 Å². The van der Waals surface area contributed by atoms with Crippen molar-refractivity contribution in [2.45, 2.75) is 31.4 Å². The van der Waals surface area contributed by atoms with Crippen molar-refractivity contribution < 1.29 is 22.5 Å². The van der Waals surface area contributed by atoms with Crippen molar-refractivity contribution in [3.05, 3.63) is 41.2 Å². The van der Waals surface area contributed by atoms with Gasteiger partial charge >= 0.3 is 6.61 Å². The number of halogens is 2. The molecule has 0 saturated heterocycles. The highest BCUT2D eigenvalue weighted by atomic mass is 32.2. The van der Waals surface area contributed by atoms with Crippen molar-refractivity contribution in [2.24, 2.45) is 0 Å². The fraction of sp³-hybridized carbons (Fsp3) is 0.294. The molecule has 26 heavy (non-hydrogen) atoms. The molecule has 0 aliphatic carbocycles. The lowest BCUT2D eigenvalue weighted by atomic mass is 10.1. The number of H-pyrrole nitrogens is 1. The Morgan fingerprint density at radius 3 is 2.77 bits per heavy atom. The number of alkyl halides is 2. The van der Waals surface area contributed by atoms with Crippen molar-refractivity contribution in [1.29, 1.82) is 0 Å². The summed E-state index contributed by atoms with van der Waals surface area (Å²) in [5.41, 5.74) is 3.35. The van der Waals surface area contributed by atoms with Crippen LogP contribution in [-0.4, -0.2) is 32.9 Å². The van der Waals surface area contributed by atoms with Crippen LogP contribution in [-0.2, 0) is 16.6 Å². The highest BCUT2D eigenvalue weighted by Crippen LogP contribution is 2.26. The molecule has 0 aliphatic heterocycles. The molecule has 0 radical (unpaired) electrons. The zero-order valence-corrected chi connectivity index (χ0v) is 15.2. The first-order valence-electron chi connectivity index (χ1n) is 7.71. The van der Waals surface area contributed by atoms with Crippen molar-refractivity contribution >= 4 is 21.8 Å². The van der Waals surface area contributed by atoms with E-state index >= 15 is 0 Å². The number of methoxy groups -OCH3 is 1. The molecule has 0 amide bonds. The minimum atomic E-state index is -2.91. The number of aryl methyl sites for hydroxylation is 1. The number of nitrogens with one attached hydrogen (secondary N) is 1. The van der Waals surface area contributed by atoms with Crippen LogP contribution in [0, 0.1) is 13.8 Å². The van der Waals surface area contributed by atoms with Crippen LogP contribution in [0.1, 0.15) is 16.8 Å². The fourth-order valence-electron chi connectivity index (χ4n) is 2.66. The molecule has 0 aliphatic rings. The summed E-state index contributed by atoms with van der Waals surface area (Å²) in [6.07, 6.45) is 1.67. The van der Waals surface area contributed by atoms with E-state index in [0.29, 0.717) is 22.5 Å². The maximum Gasteiger partial charge on any atom is 0.387 e. The average molecular weight is 381 g/mol. The Kier molecular flexibility index (Phi) is 5.17. The average Bonchev–Trinajstić information content (AvgIpc) is 3.01. The van der Waals surface area contributed by atoms with Crippen LogP contribution in [0.15, 0.2) is 29.6 Å². The van der Waals surface area contributed by atoms with Gasteiger partial charge in [-0.2, -0.15) is 8.78 Å². The van der Waals surface area contributed by atoms with Crippen LogP contribution >= 0.6 is 0 Å². The van der Waals surface area contributed by atoms with Gasteiger partial charge in [-0.1, -0.05) is 0 Å². The van der Waals surface area contributed by atoms with Crippen LogP contribution in [0.3, 0.4) is 0 Å². The maximum atomic E-state index is 12.7. The van der Waals surface area contributed by atoms with Gasteiger partial charge < -0.3 is 14.5 Å². The highest BCUT2D eigenvalue weighted by molar-refractivity contribution is 7.84. The summed E-state index contributed by atoms with van der Waals surface area (Å²) in [6, 6.07) is 4.31. The van der Waals surface area contributed by atoms with E-state index in [9.17, 15) is 13.0 Å². The van der Waals surface area contributed by atoms with Gasteiger partial charge in [-0.3, -0.25) is 9.19 Å². The molecule has 0 fully saturated rings. The molecule has 2 heterocycles. The molecule has 138 valence electrons. The number of aromatic nitrogens is 3. The number of imidazole rings is 1. The van der Waals surface area contributed by atoms with Gasteiger partial charge in [0.25, 0.3) is 0 Å². The third-order valence-electron chi connectivity index (χ3n) is 3.89. The second kappa shape index (κ2) is 7.36. The van der Waals surface area contributed by atoms with Gasteiger partial charge in [0.1, 0.15) is 11.5 Å². The second-order valence-corrected chi connectivity index (χ2v) is 7.00. The summed E-state index contributed by atoms with van der Waals surface area (Å²) in [6.45, 7) is 0.838. The van der Waals surface area contributed by atoms with Crippen LogP contribution in [0.5, 0.6) is 11.5 Å². The Labute approximate surface area is 151 Å². The fourth-order valence-corrected chi connectivity index (χ4v) is 3.76. The normalized spacial score (nSPS) is 12.5. The first-order chi connectivity index (χ1) is 12.4. The first-order valence-corrected chi connectivity index (χ1v) is 9.03. The van der Waals surface area contributed by atoms with Crippen molar-refractivity contribution in [2.75, 3.05) is 7.11 Å². The smallest absolute Gasteiger partial charge is 0.387 e. The molecule has 3 rings (SSSR count). The molecule has 3 aromatic rings. The number of hydrogen-bond acceptors (Lipinski definition) is 5. The topological polar surface area (TPSA) is 77.1 Å². The number of fused-ring (bicyclic) bond motifs is 1. The van der Waals surface area contributed by atoms with Crippen LogP contribution < -0.4 is 9.47 Å². The second-order valence-electron chi connectivity index (χ2n) is 5.64. The van der Waals surface area contributed by atoms with Crippen LogP contribution in [0.2, 0.25) is 0 Å². The van der Waals surface area contributed by atoms with Gasteiger partial charge in [-0.05, 0) is 26.0 Å². The van der Waals surface area contributed by atoms with Gasteiger partial charge in [0.15, 0.2) is 5.16 Å². The number of pyridine rings is 1. The van der Waals surface area contributed by atoms with Crippen LogP contribution in [0.25, 0.3) is 11.0 Å². The molecule has 1 N–H and O–H groups in total. The lowest BCUT2D eigenvalue weighted by Gasteiger charge is -2.11. The van der Waals surface area contributed by atoms with Gasteiger partial charge in [0, 0.05) is 23.4 Å². The minimum absolute atomic E-state index is 0.00858. The van der Waals surface area contributed by atoms with E-state index in [1.165, 1.54) is 18.2 Å². The van der Waals surface area contributed by atoms with Gasteiger partial charge in [-0.25, -0.2) is 4.98 Å². The maximum absolute atomic E-state index is 12.7. The monoisotopic (exact) mass is 381 g/mol.